The van der Waals surface area contributed by atoms with Gasteiger partial charge in [-0.05, 0) is 161 Å². The van der Waals surface area contributed by atoms with E-state index in [1.54, 1.807) is 0 Å². The van der Waals surface area contributed by atoms with Gasteiger partial charge in [0.2, 0.25) is 0 Å². The molecule has 0 saturated carbocycles. The molecule has 2 heteroatoms. The van der Waals surface area contributed by atoms with E-state index in [0.29, 0.717) is 0 Å². The van der Waals surface area contributed by atoms with Crippen molar-refractivity contribution in [1.82, 2.24) is 9.13 Å². The predicted octanol–water partition coefficient (Wildman–Crippen LogP) is 22.2. The van der Waals surface area contributed by atoms with E-state index in [-0.39, 0.29) is 0 Å². The van der Waals surface area contributed by atoms with Gasteiger partial charge in [0, 0.05) is 32.8 Å². The Morgan fingerprint density at radius 1 is 0.195 bits per heavy atom. The summed E-state index contributed by atoms with van der Waals surface area (Å²) < 4.78 is 4.84. The molecule has 2 nitrogen and oxygen atoms in total. The van der Waals surface area contributed by atoms with Crippen molar-refractivity contribution in [2.24, 2.45) is 0 Å². The molecule has 0 spiro atoms. The predicted molar refractivity (Wildman–Crippen MR) is 365 cm³/mol. The average Bonchev–Trinajstić information content (AvgIpc) is 1.98. The summed E-state index contributed by atoms with van der Waals surface area (Å²) in [6.07, 6.45) is 0. The van der Waals surface area contributed by atoms with Crippen molar-refractivity contribution in [3.05, 3.63) is 362 Å². The van der Waals surface area contributed by atoms with Gasteiger partial charge in [0.1, 0.15) is 0 Å². The maximum Gasteiger partial charge on any atom is 0.0719 e. The van der Waals surface area contributed by atoms with Crippen LogP contribution in [0.2, 0.25) is 0 Å². The van der Waals surface area contributed by atoms with Gasteiger partial charge in [-0.25, -0.2) is 0 Å². The second-order valence-corrected chi connectivity index (χ2v) is 23.1. The largest absolute Gasteiger partial charge is 0.309 e. The third-order valence-electron chi connectivity index (χ3n) is 18.4. The van der Waals surface area contributed by atoms with Crippen LogP contribution in [0.3, 0.4) is 0 Å². The van der Waals surface area contributed by atoms with Crippen molar-refractivity contribution in [1.29, 1.82) is 0 Å². The van der Waals surface area contributed by atoms with E-state index >= 15 is 0 Å². The molecule has 0 amide bonds. The molecule has 16 aromatic rings. The van der Waals surface area contributed by atoms with Gasteiger partial charge in [0.25, 0.3) is 0 Å². The number of fused-ring (bicyclic) bond motifs is 9. The fourth-order valence-electron chi connectivity index (χ4n) is 14.5. The van der Waals surface area contributed by atoms with Crippen LogP contribution in [-0.4, -0.2) is 9.13 Å². The molecule has 0 aliphatic heterocycles. The molecule has 0 radical (unpaired) electrons. The topological polar surface area (TPSA) is 9.86 Å². The van der Waals surface area contributed by atoms with Crippen molar-refractivity contribution < 1.29 is 0 Å². The van der Waals surface area contributed by atoms with Crippen LogP contribution >= 0.6 is 0 Å². The monoisotopic (exact) mass is 1100 g/mol. The molecule has 2 aromatic heterocycles. The Kier molecular flexibility index (Phi) is 11.8. The highest BCUT2D eigenvalue weighted by Crippen LogP contribution is 2.58. The lowest BCUT2D eigenvalue weighted by molar-refractivity contribution is 0.771. The zero-order valence-corrected chi connectivity index (χ0v) is 47.7. The van der Waals surface area contributed by atoms with Crippen LogP contribution in [0.25, 0.3) is 133 Å². The maximum atomic E-state index is 2.46. The van der Waals surface area contributed by atoms with E-state index in [9.17, 15) is 0 Å². The maximum absolute atomic E-state index is 2.46. The van der Waals surface area contributed by atoms with Gasteiger partial charge in [0.15, 0.2) is 0 Å². The van der Waals surface area contributed by atoms with Gasteiger partial charge in [-0.2, -0.15) is 0 Å². The Morgan fingerprint density at radius 3 is 1.20 bits per heavy atom. The summed E-state index contributed by atoms with van der Waals surface area (Å²) in [5, 5.41) is 4.97. The van der Waals surface area contributed by atoms with Crippen LogP contribution in [-0.2, 0) is 5.41 Å². The SMILES string of the molecule is c1ccc(-c2cccc(-c3ccccc3C3(c4cccc(-c5ccc(-c6ccc(-c7ccccc7-n7c8ccccc8c8cc(-c9ccc%10c(c9)c9ccccc9n%10-c9ccccc9)ccc87)cc6)cc5)c4)c4ccccc4-c4ccccc43)c2)cc1. The summed E-state index contributed by atoms with van der Waals surface area (Å²) in [7, 11) is 0. The lowest BCUT2D eigenvalue weighted by Gasteiger charge is -2.36. The van der Waals surface area contributed by atoms with E-state index in [1.165, 1.54) is 149 Å². The Bertz CT molecular complexity index is 5270. The Balaban J connectivity index is 0.704. The molecule has 2 heterocycles. The summed E-state index contributed by atoms with van der Waals surface area (Å²) in [5.41, 5.74) is 28.5. The molecule has 17 rings (SSSR count). The minimum absolute atomic E-state index is 0.585. The molecule has 0 bridgehead atoms. The minimum Gasteiger partial charge on any atom is -0.309 e. The van der Waals surface area contributed by atoms with Crippen molar-refractivity contribution >= 4 is 43.6 Å². The van der Waals surface area contributed by atoms with Crippen LogP contribution < -0.4 is 0 Å². The summed E-state index contributed by atoms with van der Waals surface area (Å²) in [6.45, 7) is 0. The average molecular weight is 1110 g/mol. The highest BCUT2D eigenvalue weighted by atomic mass is 15.0. The van der Waals surface area contributed by atoms with Gasteiger partial charge < -0.3 is 9.13 Å². The van der Waals surface area contributed by atoms with E-state index in [0.717, 1.165) is 5.69 Å². The molecule has 87 heavy (non-hydrogen) atoms. The van der Waals surface area contributed by atoms with Crippen LogP contribution in [0.15, 0.2) is 340 Å². The van der Waals surface area contributed by atoms with Gasteiger partial charge in [-0.3, -0.25) is 0 Å². The molecule has 1 aliphatic carbocycles. The molecule has 14 aromatic carbocycles. The number of benzene rings is 14. The summed E-state index contributed by atoms with van der Waals surface area (Å²) in [6, 6.07) is 126. The second-order valence-electron chi connectivity index (χ2n) is 23.1. The first kappa shape index (κ1) is 50.2. The molecule has 0 fully saturated rings. The van der Waals surface area contributed by atoms with Crippen LogP contribution in [0.1, 0.15) is 22.3 Å². The van der Waals surface area contributed by atoms with Gasteiger partial charge in [-0.15, -0.1) is 0 Å². The molecule has 0 unspecified atom stereocenters. The van der Waals surface area contributed by atoms with Crippen molar-refractivity contribution in [2.45, 2.75) is 5.41 Å². The van der Waals surface area contributed by atoms with Crippen LogP contribution in [0.4, 0.5) is 0 Å². The Labute approximate surface area is 506 Å². The highest BCUT2D eigenvalue weighted by Gasteiger charge is 2.47. The summed E-state index contributed by atoms with van der Waals surface area (Å²) in [4.78, 5) is 0. The van der Waals surface area contributed by atoms with E-state index in [1.807, 2.05) is 0 Å². The quantitative estimate of drug-likeness (QED) is 0.129. The number of hydrogen-bond donors (Lipinski definition) is 0. The standard InChI is InChI=1S/C85H56N2/c1-3-21-57(22-4-1)62-23-19-25-66(53-62)69-29-7-13-35-77(69)85(78-36-14-8-31-71(78)72-32-9-15-37-79(72)85)67-26-20-24-63(54-67)60-43-41-58(42-44-60)59-45-47-61(48-46-59)70-30-10-16-38-80(70)87-82-40-18-12-34-74(82)76-56-65(50-52-84(76)87)64-49-51-83-75(55-64)73-33-11-17-39-81(73)86(83)68-27-5-2-6-28-68/h1-56H. The lowest BCUT2D eigenvalue weighted by atomic mass is 9.65. The van der Waals surface area contributed by atoms with Crippen molar-refractivity contribution in [3.8, 4) is 89.3 Å². The molecule has 0 N–H and O–H groups in total. The number of hydrogen-bond acceptors (Lipinski definition) is 0. The molecular weight excluding hydrogens is 1050 g/mol. The minimum atomic E-state index is -0.585. The molecule has 1 aliphatic rings. The number of aromatic nitrogens is 2. The fraction of sp³-hybridized carbons (Fsp3) is 0.0118. The van der Waals surface area contributed by atoms with E-state index in [4.69, 9.17) is 0 Å². The first-order valence-corrected chi connectivity index (χ1v) is 30.1. The number of rotatable bonds is 10. The van der Waals surface area contributed by atoms with E-state index < -0.39 is 5.41 Å². The van der Waals surface area contributed by atoms with Gasteiger partial charge in [-0.1, -0.05) is 273 Å². The molecule has 0 saturated heterocycles. The Hall–Kier alpha value is -11.3. The zero-order valence-electron chi connectivity index (χ0n) is 47.7. The Morgan fingerprint density at radius 2 is 0.575 bits per heavy atom. The molecule has 406 valence electrons. The smallest absolute Gasteiger partial charge is 0.0719 e. The van der Waals surface area contributed by atoms with Crippen LogP contribution in [0, 0.1) is 0 Å². The van der Waals surface area contributed by atoms with Crippen molar-refractivity contribution in [2.75, 3.05) is 0 Å². The summed E-state index contributed by atoms with van der Waals surface area (Å²) >= 11 is 0. The second kappa shape index (κ2) is 20.5. The first-order valence-electron chi connectivity index (χ1n) is 30.1. The van der Waals surface area contributed by atoms with Crippen molar-refractivity contribution in [3.63, 3.8) is 0 Å². The molecule has 0 atom stereocenters. The lowest BCUT2D eigenvalue weighted by Crippen LogP contribution is -2.29. The third-order valence-corrected chi connectivity index (χ3v) is 18.4. The van der Waals surface area contributed by atoms with Gasteiger partial charge >= 0.3 is 0 Å². The normalized spacial score (nSPS) is 12.5. The number of nitrogens with zero attached hydrogens (tertiary/aromatic N) is 2. The third kappa shape index (κ3) is 8.10. The molecular formula is C85H56N2. The summed E-state index contributed by atoms with van der Waals surface area (Å²) in [5.74, 6) is 0. The van der Waals surface area contributed by atoms with Crippen LogP contribution in [0.5, 0.6) is 0 Å². The van der Waals surface area contributed by atoms with Gasteiger partial charge in [0.05, 0.1) is 33.2 Å². The highest BCUT2D eigenvalue weighted by molar-refractivity contribution is 6.13. The zero-order chi connectivity index (χ0) is 57.4. The number of para-hydroxylation sites is 4. The van der Waals surface area contributed by atoms with E-state index in [2.05, 4.69) is 349 Å². The fourth-order valence-corrected chi connectivity index (χ4v) is 14.5. The first-order chi connectivity index (χ1) is 43.2.